The number of hydrogen-bond acceptors (Lipinski definition) is 3. The molecular weight excluding hydrogens is 299 g/mol. The van der Waals surface area contributed by atoms with Gasteiger partial charge in [-0.15, -0.1) is 0 Å². The van der Waals surface area contributed by atoms with Crippen LogP contribution in [0.5, 0.6) is 0 Å². The molecule has 1 rings (SSSR count). The SMILES string of the molecule is CC(CS(=O)(=O)Cc1cccc(Cl)c1Cl)C(=O)O. The van der Waals surface area contributed by atoms with Crippen LogP contribution in [0.1, 0.15) is 12.5 Å². The maximum atomic E-state index is 11.8. The molecule has 0 aliphatic rings. The minimum Gasteiger partial charge on any atom is -0.481 e. The molecule has 7 heteroatoms. The highest BCUT2D eigenvalue weighted by atomic mass is 35.5. The predicted octanol–water partition coefficient (Wildman–Crippen LogP) is 2.63. The molecule has 1 aromatic rings. The van der Waals surface area contributed by atoms with E-state index in [1.165, 1.54) is 6.92 Å². The first-order valence-corrected chi connectivity index (χ1v) is 7.67. The van der Waals surface area contributed by atoms with Gasteiger partial charge < -0.3 is 5.11 Å². The number of aliphatic carboxylic acids is 1. The van der Waals surface area contributed by atoms with Crippen LogP contribution in [0.25, 0.3) is 0 Å². The van der Waals surface area contributed by atoms with Crippen molar-refractivity contribution >= 4 is 39.0 Å². The summed E-state index contributed by atoms with van der Waals surface area (Å²) in [6.45, 7) is 1.35. The van der Waals surface area contributed by atoms with Gasteiger partial charge in [-0.25, -0.2) is 8.42 Å². The van der Waals surface area contributed by atoms with Crippen LogP contribution >= 0.6 is 23.2 Å². The Labute approximate surface area is 115 Å². The van der Waals surface area contributed by atoms with E-state index in [0.717, 1.165) is 0 Å². The van der Waals surface area contributed by atoms with Gasteiger partial charge in [0.1, 0.15) is 0 Å². The summed E-state index contributed by atoms with van der Waals surface area (Å²) in [5.74, 6) is -2.83. The van der Waals surface area contributed by atoms with E-state index in [0.29, 0.717) is 5.56 Å². The van der Waals surface area contributed by atoms with Gasteiger partial charge in [-0.05, 0) is 11.6 Å². The molecule has 0 aromatic heterocycles. The van der Waals surface area contributed by atoms with Crippen molar-refractivity contribution in [3.63, 3.8) is 0 Å². The van der Waals surface area contributed by atoms with E-state index in [-0.39, 0.29) is 15.8 Å². The second-order valence-corrected chi connectivity index (χ2v) is 6.90. The summed E-state index contributed by atoms with van der Waals surface area (Å²) in [7, 11) is -3.54. The predicted molar refractivity (Wildman–Crippen MR) is 70.8 cm³/mol. The molecule has 0 spiro atoms. The Morgan fingerprint density at radius 1 is 1.39 bits per heavy atom. The van der Waals surface area contributed by atoms with Crippen LogP contribution < -0.4 is 0 Å². The van der Waals surface area contributed by atoms with Crippen LogP contribution in [-0.4, -0.2) is 25.2 Å². The van der Waals surface area contributed by atoms with Crippen molar-refractivity contribution in [2.24, 2.45) is 5.92 Å². The lowest BCUT2D eigenvalue weighted by molar-refractivity contribution is -0.140. The van der Waals surface area contributed by atoms with Crippen LogP contribution in [0.2, 0.25) is 10.0 Å². The summed E-state index contributed by atoms with van der Waals surface area (Å²) >= 11 is 11.7. The van der Waals surface area contributed by atoms with E-state index in [1.54, 1.807) is 18.2 Å². The molecule has 0 saturated heterocycles. The highest BCUT2D eigenvalue weighted by molar-refractivity contribution is 7.90. The highest BCUT2D eigenvalue weighted by Crippen LogP contribution is 2.27. The first-order chi connectivity index (χ1) is 8.23. The summed E-state index contributed by atoms with van der Waals surface area (Å²) < 4.78 is 23.6. The molecule has 1 aromatic carbocycles. The molecule has 1 atom stereocenters. The first kappa shape index (κ1) is 15.3. The molecule has 0 aliphatic carbocycles. The molecule has 100 valence electrons. The van der Waals surface area contributed by atoms with Gasteiger partial charge in [0.05, 0.1) is 27.5 Å². The van der Waals surface area contributed by atoms with Crippen molar-refractivity contribution in [3.05, 3.63) is 33.8 Å². The van der Waals surface area contributed by atoms with Crippen molar-refractivity contribution in [2.45, 2.75) is 12.7 Å². The summed E-state index contributed by atoms with van der Waals surface area (Å²) in [4.78, 5) is 10.6. The molecule has 18 heavy (non-hydrogen) atoms. The smallest absolute Gasteiger partial charge is 0.307 e. The van der Waals surface area contributed by atoms with E-state index >= 15 is 0 Å². The van der Waals surface area contributed by atoms with Crippen LogP contribution in [0.15, 0.2) is 18.2 Å². The van der Waals surface area contributed by atoms with Crippen molar-refractivity contribution in [3.8, 4) is 0 Å². The lowest BCUT2D eigenvalue weighted by Crippen LogP contribution is -2.22. The van der Waals surface area contributed by atoms with E-state index in [1.807, 2.05) is 0 Å². The second kappa shape index (κ2) is 5.91. The largest absolute Gasteiger partial charge is 0.481 e. The molecule has 0 aliphatic heterocycles. The zero-order valence-corrected chi connectivity index (χ0v) is 11.9. The van der Waals surface area contributed by atoms with Crippen molar-refractivity contribution in [2.75, 3.05) is 5.75 Å². The standard InChI is InChI=1S/C11H12Cl2O4S/c1-7(11(14)15)5-18(16,17)6-8-3-2-4-9(12)10(8)13/h2-4,7H,5-6H2,1H3,(H,14,15). The fraction of sp³-hybridized carbons (Fsp3) is 0.364. The average molecular weight is 311 g/mol. The fourth-order valence-corrected chi connectivity index (χ4v) is 3.61. The Hall–Kier alpha value is -0.780. The normalized spacial score (nSPS) is 13.3. The number of rotatable bonds is 5. The van der Waals surface area contributed by atoms with Gasteiger partial charge in [0.15, 0.2) is 9.84 Å². The number of carboxylic acids is 1. The highest BCUT2D eigenvalue weighted by Gasteiger charge is 2.22. The van der Waals surface area contributed by atoms with Gasteiger partial charge in [-0.1, -0.05) is 42.3 Å². The summed E-state index contributed by atoms with van der Waals surface area (Å²) in [6.07, 6.45) is 0. The van der Waals surface area contributed by atoms with Crippen molar-refractivity contribution < 1.29 is 18.3 Å². The summed E-state index contributed by atoms with van der Waals surface area (Å²) in [5, 5.41) is 9.16. The van der Waals surface area contributed by atoms with Gasteiger partial charge in [0.25, 0.3) is 0 Å². The Morgan fingerprint density at radius 2 is 2.00 bits per heavy atom. The number of hydrogen-bond donors (Lipinski definition) is 1. The topological polar surface area (TPSA) is 71.4 Å². The van der Waals surface area contributed by atoms with E-state index < -0.39 is 27.5 Å². The Kier molecular flexibility index (Phi) is 5.01. The third-order valence-electron chi connectivity index (χ3n) is 2.33. The molecule has 0 bridgehead atoms. The van der Waals surface area contributed by atoms with Crippen LogP contribution in [0, 0.1) is 5.92 Å². The van der Waals surface area contributed by atoms with Crippen molar-refractivity contribution in [1.82, 2.24) is 0 Å². The van der Waals surface area contributed by atoms with Gasteiger partial charge in [-0.2, -0.15) is 0 Å². The zero-order chi connectivity index (χ0) is 13.9. The number of benzene rings is 1. The number of carboxylic acid groups (broad SMARTS) is 1. The van der Waals surface area contributed by atoms with Crippen LogP contribution in [0.4, 0.5) is 0 Å². The molecule has 1 unspecified atom stereocenters. The van der Waals surface area contributed by atoms with Crippen LogP contribution in [-0.2, 0) is 20.4 Å². The molecule has 0 amide bonds. The van der Waals surface area contributed by atoms with Crippen molar-refractivity contribution in [1.29, 1.82) is 0 Å². The van der Waals surface area contributed by atoms with Gasteiger partial charge in [0.2, 0.25) is 0 Å². The fourth-order valence-electron chi connectivity index (χ4n) is 1.41. The molecule has 4 nitrogen and oxygen atoms in total. The third kappa shape index (κ3) is 4.15. The maximum absolute atomic E-state index is 11.8. The summed E-state index contributed by atoms with van der Waals surface area (Å²) in [5.41, 5.74) is 0.377. The van der Waals surface area contributed by atoms with E-state index in [2.05, 4.69) is 0 Å². The molecule has 0 saturated carbocycles. The first-order valence-electron chi connectivity index (χ1n) is 5.09. The quantitative estimate of drug-likeness (QED) is 0.907. The minimum atomic E-state index is -3.54. The van der Waals surface area contributed by atoms with E-state index in [9.17, 15) is 13.2 Å². The molecule has 0 heterocycles. The lowest BCUT2D eigenvalue weighted by Gasteiger charge is -2.09. The molecular formula is C11H12Cl2O4S. The Morgan fingerprint density at radius 3 is 2.56 bits per heavy atom. The lowest BCUT2D eigenvalue weighted by atomic mass is 10.2. The monoisotopic (exact) mass is 310 g/mol. The molecule has 0 radical (unpaired) electrons. The number of halogens is 2. The molecule has 1 N–H and O–H groups in total. The zero-order valence-electron chi connectivity index (χ0n) is 9.56. The Balaban J connectivity index is 2.90. The van der Waals surface area contributed by atoms with Gasteiger partial charge in [-0.3, -0.25) is 4.79 Å². The Bertz CT molecular complexity index is 554. The van der Waals surface area contributed by atoms with E-state index in [4.69, 9.17) is 28.3 Å². The maximum Gasteiger partial charge on any atom is 0.307 e. The minimum absolute atomic E-state index is 0.186. The van der Waals surface area contributed by atoms with Gasteiger partial charge in [0, 0.05) is 0 Å². The number of carbonyl (C=O) groups is 1. The van der Waals surface area contributed by atoms with Gasteiger partial charge >= 0.3 is 5.97 Å². The second-order valence-electron chi connectivity index (χ2n) is 4.01. The third-order valence-corrected chi connectivity index (χ3v) is 4.95. The summed E-state index contributed by atoms with van der Waals surface area (Å²) in [6, 6.07) is 4.71. The number of sulfone groups is 1. The molecule has 0 fully saturated rings. The average Bonchev–Trinajstić information content (AvgIpc) is 2.23. The van der Waals surface area contributed by atoms with Crippen LogP contribution in [0.3, 0.4) is 0 Å².